The number of nitrogens with one attached hydrogen (secondary N) is 1. The first-order valence-electron chi connectivity index (χ1n) is 7.26. The molecule has 0 radical (unpaired) electrons. The molecule has 6 nitrogen and oxygen atoms in total. The van der Waals surface area contributed by atoms with Gasteiger partial charge in [-0.1, -0.05) is 6.92 Å². The van der Waals surface area contributed by atoms with E-state index in [0.717, 1.165) is 25.3 Å². The van der Waals surface area contributed by atoms with Crippen LogP contribution in [0.4, 0.5) is 0 Å². The summed E-state index contributed by atoms with van der Waals surface area (Å²) in [5.74, 6) is 1.03. The van der Waals surface area contributed by atoms with Gasteiger partial charge >= 0.3 is 0 Å². The van der Waals surface area contributed by atoms with Crippen molar-refractivity contribution in [1.29, 1.82) is 0 Å². The summed E-state index contributed by atoms with van der Waals surface area (Å²) in [6.45, 7) is 10.3. The molecule has 2 rings (SSSR count). The van der Waals surface area contributed by atoms with Crippen LogP contribution in [-0.4, -0.2) is 31.1 Å². The first-order chi connectivity index (χ1) is 9.61. The summed E-state index contributed by atoms with van der Waals surface area (Å²) in [6.07, 6.45) is 6.76. The quantitative estimate of drug-likeness (QED) is 0.840. The molecule has 0 spiro atoms. The monoisotopic (exact) mass is 276 g/mol. The molecule has 0 amide bonds. The second-order valence-electron chi connectivity index (χ2n) is 5.32. The van der Waals surface area contributed by atoms with Crippen molar-refractivity contribution >= 4 is 0 Å². The van der Waals surface area contributed by atoms with Crippen LogP contribution in [0.2, 0.25) is 0 Å². The van der Waals surface area contributed by atoms with E-state index in [1.54, 1.807) is 6.33 Å². The van der Waals surface area contributed by atoms with Gasteiger partial charge in [-0.05, 0) is 20.8 Å². The van der Waals surface area contributed by atoms with Gasteiger partial charge in [0, 0.05) is 43.4 Å². The molecule has 1 unspecified atom stereocenters. The molecule has 2 heterocycles. The smallest absolute Gasteiger partial charge is 0.132 e. The van der Waals surface area contributed by atoms with Crippen molar-refractivity contribution in [2.75, 3.05) is 6.54 Å². The van der Waals surface area contributed by atoms with Crippen LogP contribution in [0.3, 0.4) is 0 Å². The Balaban J connectivity index is 1.84. The maximum absolute atomic E-state index is 4.37. The highest BCUT2D eigenvalue weighted by Gasteiger charge is 2.09. The van der Waals surface area contributed by atoms with Gasteiger partial charge in [0.05, 0.1) is 6.20 Å². The highest BCUT2D eigenvalue weighted by Crippen LogP contribution is 2.13. The summed E-state index contributed by atoms with van der Waals surface area (Å²) in [4.78, 5) is 0. The lowest BCUT2D eigenvalue weighted by molar-refractivity contribution is 0.516. The molecule has 6 heteroatoms. The zero-order valence-electron chi connectivity index (χ0n) is 12.7. The number of aromatic nitrogens is 5. The van der Waals surface area contributed by atoms with Crippen LogP contribution in [0.25, 0.3) is 0 Å². The first-order valence-corrected chi connectivity index (χ1v) is 7.26. The number of nitrogens with zero attached hydrogens (tertiary/aromatic N) is 5. The molecular formula is C14H24N6. The number of aryl methyl sites for hydroxylation is 1. The van der Waals surface area contributed by atoms with Crippen LogP contribution in [0.5, 0.6) is 0 Å². The van der Waals surface area contributed by atoms with Crippen molar-refractivity contribution < 1.29 is 0 Å². The van der Waals surface area contributed by atoms with E-state index in [0.29, 0.717) is 12.1 Å². The van der Waals surface area contributed by atoms with Crippen molar-refractivity contribution in [3.05, 3.63) is 30.1 Å². The van der Waals surface area contributed by atoms with Gasteiger partial charge in [-0.25, -0.2) is 0 Å². The molecule has 1 N–H and O–H groups in total. The second-order valence-corrected chi connectivity index (χ2v) is 5.32. The Kier molecular flexibility index (Phi) is 4.89. The molecule has 20 heavy (non-hydrogen) atoms. The zero-order chi connectivity index (χ0) is 14.5. The highest BCUT2D eigenvalue weighted by atomic mass is 15.3. The normalized spacial score (nSPS) is 13.1. The standard InChI is InChI=1S/C14H24N6/c1-5-14-18-16-10-19(14)7-6-15-12(4)13-8-17-20(9-13)11(2)3/h8-12,15H,5-7H2,1-4H3. The van der Waals surface area contributed by atoms with E-state index in [2.05, 4.69) is 59.1 Å². The molecule has 0 bridgehead atoms. The van der Waals surface area contributed by atoms with Crippen molar-refractivity contribution in [3.8, 4) is 0 Å². The molecule has 0 aliphatic heterocycles. The third-order valence-electron chi connectivity index (χ3n) is 3.47. The number of hydrogen-bond donors (Lipinski definition) is 1. The van der Waals surface area contributed by atoms with E-state index in [1.165, 1.54) is 5.56 Å². The predicted molar refractivity (Wildman–Crippen MR) is 78.4 cm³/mol. The van der Waals surface area contributed by atoms with Crippen LogP contribution in [-0.2, 0) is 13.0 Å². The lowest BCUT2D eigenvalue weighted by atomic mass is 10.2. The van der Waals surface area contributed by atoms with E-state index in [1.807, 2.05) is 10.9 Å². The highest BCUT2D eigenvalue weighted by molar-refractivity contribution is 5.09. The summed E-state index contributed by atoms with van der Waals surface area (Å²) in [6, 6.07) is 0.698. The second kappa shape index (κ2) is 6.65. The molecule has 0 saturated carbocycles. The van der Waals surface area contributed by atoms with E-state index in [9.17, 15) is 0 Å². The van der Waals surface area contributed by atoms with E-state index >= 15 is 0 Å². The summed E-state index contributed by atoms with van der Waals surface area (Å²) in [7, 11) is 0. The Hall–Kier alpha value is -1.69. The molecule has 2 aromatic rings. The Morgan fingerprint density at radius 3 is 2.75 bits per heavy atom. The van der Waals surface area contributed by atoms with Gasteiger partial charge in [0.2, 0.25) is 0 Å². The molecule has 0 aliphatic rings. The van der Waals surface area contributed by atoms with Gasteiger partial charge < -0.3 is 9.88 Å². The molecule has 1 atom stereocenters. The lowest BCUT2D eigenvalue weighted by Gasteiger charge is -2.13. The lowest BCUT2D eigenvalue weighted by Crippen LogP contribution is -2.23. The SMILES string of the molecule is CCc1nncn1CCNC(C)c1cnn(C(C)C)c1. The average molecular weight is 276 g/mol. The molecular weight excluding hydrogens is 252 g/mol. The molecule has 0 saturated heterocycles. The molecule has 0 aliphatic carbocycles. The largest absolute Gasteiger partial charge is 0.316 e. The van der Waals surface area contributed by atoms with Crippen LogP contribution >= 0.6 is 0 Å². The van der Waals surface area contributed by atoms with Crippen LogP contribution < -0.4 is 5.32 Å². The fourth-order valence-corrected chi connectivity index (χ4v) is 2.12. The molecule has 0 fully saturated rings. The zero-order valence-corrected chi connectivity index (χ0v) is 12.7. The number of rotatable bonds is 7. The van der Waals surface area contributed by atoms with Gasteiger partial charge in [-0.3, -0.25) is 4.68 Å². The van der Waals surface area contributed by atoms with E-state index in [4.69, 9.17) is 0 Å². The number of hydrogen-bond acceptors (Lipinski definition) is 4. The average Bonchev–Trinajstić information content (AvgIpc) is 3.07. The summed E-state index contributed by atoms with van der Waals surface area (Å²) >= 11 is 0. The fraction of sp³-hybridized carbons (Fsp3) is 0.643. The minimum Gasteiger partial charge on any atom is -0.316 e. The van der Waals surface area contributed by atoms with Crippen molar-refractivity contribution in [3.63, 3.8) is 0 Å². The predicted octanol–water partition coefficient (Wildman–Crippen LogP) is 1.97. The Bertz CT molecular complexity index is 527. The first kappa shape index (κ1) is 14.7. The van der Waals surface area contributed by atoms with Gasteiger partial charge in [0.15, 0.2) is 0 Å². The van der Waals surface area contributed by atoms with Crippen LogP contribution in [0, 0.1) is 0 Å². The van der Waals surface area contributed by atoms with Crippen LogP contribution in [0.1, 0.15) is 51.2 Å². The Labute approximate surface area is 120 Å². The van der Waals surface area contributed by atoms with Gasteiger partial charge in [0.25, 0.3) is 0 Å². The van der Waals surface area contributed by atoms with Crippen molar-refractivity contribution in [1.82, 2.24) is 29.9 Å². The maximum atomic E-state index is 4.37. The summed E-state index contributed by atoms with van der Waals surface area (Å²) < 4.78 is 4.08. The van der Waals surface area contributed by atoms with E-state index in [-0.39, 0.29) is 0 Å². The summed E-state index contributed by atoms with van der Waals surface area (Å²) in [5, 5.41) is 15.9. The topological polar surface area (TPSA) is 60.6 Å². The fourth-order valence-electron chi connectivity index (χ4n) is 2.12. The summed E-state index contributed by atoms with van der Waals surface area (Å²) in [5.41, 5.74) is 1.22. The third kappa shape index (κ3) is 3.45. The minimum atomic E-state index is 0.295. The molecule has 0 aromatic carbocycles. The van der Waals surface area contributed by atoms with Gasteiger partial charge in [-0.15, -0.1) is 10.2 Å². The molecule has 2 aromatic heterocycles. The minimum absolute atomic E-state index is 0.295. The van der Waals surface area contributed by atoms with Crippen LogP contribution in [0.15, 0.2) is 18.7 Å². The van der Waals surface area contributed by atoms with E-state index < -0.39 is 0 Å². The van der Waals surface area contributed by atoms with Crippen molar-refractivity contribution in [2.45, 2.75) is 52.7 Å². The van der Waals surface area contributed by atoms with Gasteiger partial charge in [0.1, 0.15) is 12.2 Å². The third-order valence-corrected chi connectivity index (χ3v) is 3.47. The van der Waals surface area contributed by atoms with Crippen molar-refractivity contribution in [2.24, 2.45) is 0 Å². The molecule has 110 valence electrons. The van der Waals surface area contributed by atoms with Gasteiger partial charge in [-0.2, -0.15) is 5.10 Å². The Morgan fingerprint density at radius 2 is 2.10 bits per heavy atom. The Morgan fingerprint density at radius 1 is 1.30 bits per heavy atom. The maximum Gasteiger partial charge on any atom is 0.132 e.